The highest BCUT2D eigenvalue weighted by molar-refractivity contribution is 5.93. The standard InChI is InChI=1S/C12H20N4O/c1-7-3-8(2)5-9(4-7)14-12(17)10-6-11(13)16-15-10/h6-9H,3-5H2,1-2H3,(H,14,17)(H3,13,15,16). The second kappa shape index (κ2) is 4.77. The molecule has 2 unspecified atom stereocenters. The molecule has 1 aromatic rings. The van der Waals surface area contributed by atoms with Crippen molar-refractivity contribution in [2.45, 2.75) is 39.2 Å². The summed E-state index contributed by atoms with van der Waals surface area (Å²) in [6.07, 6.45) is 3.36. The first-order valence-electron chi connectivity index (χ1n) is 6.16. The molecule has 1 aliphatic carbocycles. The summed E-state index contributed by atoms with van der Waals surface area (Å²) < 4.78 is 0. The Morgan fingerprint density at radius 3 is 2.59 bits per heavy atom. The van der Waals surface area contributed by atoms with Gasteiger partial charge in [0, 0.05) is 12.1 Å². The Balaban J connectivity index is 1.94. The molecule has 0 saturated heterocycles. The molecule has 1 saturated carbocycles. The molecule has 0 radical (unpaired) electrons. The van der Waals surface area contributed by atoms with Gasteiger partial charge < -0.3 is 11.1 Å². The van der Waals surface area contributed by atoms with E-state index in [1.54, 1.807) is 6.07 Å². The number of anilines is 1. The number of H-pyrrole nitrogens is 1. The van der Waals surface area contributed by atoms with Crippen LogP contribution in [0.3, 0.4) is 0 Å². The van der Waals surface area contributed by atoms with E-state index in [9.17, 15) is 4.79 Å². The number of aromatic amines is 1. The van der Waals surface area contributed by atoms with Gasteiger partial charge in [0.15, 0.2) is 0 Å². The molecule has 1 aromatic heterocycles. The average molecular weight is 236 g/mol. The van der Waals surface area contributed by atoms with E-state index >= 15 is 0 Å². The normalized spacial score (nSPS) is 28.9. The Labute approximate surface area is 101 Å². The number of carbonyl (C=O) groups excluding carboxylic acids is 1. The van der Waals surface area contributed by atoms with Crippen LogP contribution in [0.5, 0.6) is 0 Å². The molecular weight excluding hydrogens is 216 g/mol. The van der Waals surface area contributed by atoms with Crippen LogP contribution in [-0.2, 0) is 0 Å². The minimum Gasteiger partial charge on any atom is -0.382 e. The molecule has 0 spiro atoms. The lowest BCUT2D eigenvalue weighted by Gasteiger charge is -2.31. The zero-order valence-corrected chi connectivity index (χ0v) is 10.4. The van der Waals surface area contributed by atoms with Crippen molar-refractivity contribution in [1.29, 1.82) is 0 Å². The van der Waals surface area contributed by atoms with Crippen molar-refractivity contribution in [2.75, 3.05) is 5.73 Å². The third kappa shape index (κ3) is 2.99. The number of amides is 1. The maximum Gasteiger partial charge on any atom is 0.269 e. The van der Waals surface area contributed by atoms with Crippen molar-refractivity contribution in [3.05, 3.63) is 11.8 Å². The number of hydrogen-bond donors (Lipinski definition) is 3. The first kappa shape index (κ1) is 12.0. The number of nitrogen functional groups attached to an aromatic ring is 1. The molecular formula is C12H20N4O. The van der Waals surface area contributed by atoms with Crippen molar-refractivity contribution in [2.24, 2.45) is 11.8 Å². The molecule has 1 aliphatic rings. The second-order valence-corrected chi connectivity index (χ2v) is 5.29. The van der Waals surface area contributed by atoms with Crippen molar-refractivity contribution in [1.82, 2.24) is 15.5 Å². The molecule has 1 fully saturated rings. The fourth-order valence-electron chi connectivity index (χ4n) is 2.78. The zero-order chi connectivity index (χ0) is 12.4. The lowest BCUT2D eigenvalue weighted by Crippen LogP contribution is -2.40. The van der Waals surface area contributed by atoms with E-state index in [0.717, 1.165) is 12.8 Å². The molecule has 5 heteroatoms. The zero-order valence-electron chi connectivity index (χ0n) is 10.4. The molecule has 2 rings (SSSR count). The summed E-state index contributed by atoms with van der Waals surface area (Å²) in [4.78, 5) is 11.9. The summed E-state index contributed by atoms with van der Waals surface area (Å²) >= 11 is 0. The molecule has 4 N–H and O–H groups in total. The van der Waals surface area contributed by atoms with Gasteiger partial charge in [0.1, 0.15) is 11.5 Å². The molecule has 1 amide bonds. The van der Waals surface area contributed by atoms with E-state index < -0.39 is 0 Å². The molecule has 5 nitrogen and oxygen atoms in total. The number of nitrogens with zero attached hydrogens (tertiary/aromatic N) is 1. The molecule has 0 aromatic carbocycles. The lowest BCUT2D eigenvalue weighted by atomic mass is 9.80. The summed E-state index contributed by atoms with van der Waals surface area (Å²) in [6.45, 7) is 4.48. The van der Waals surface area contributed by atoms with Crippen molar-refractivity contribution in [3.8, 4) is 0 Å². The minimum absolute atomic E-state index is 0.111. The van der Waals surface area contributed by atoms with Gasteiger partial charge in [-0.3, -0.25) is 9.89 Å². The van der Waals surface area contributed by atoms with E-state index in [4.69, 9.17) is 5.73 Å². The summed E-state index contributed by atoms with van der Waals surface area (Å²) in [5, 5.41) is 9.43. The van der Waals surface area contributed by atoms with Crippen molar-refractivity contribution >= 4 is 11.7 Å². The van der Waals surface area contributed by atoms with Crippen LogP contribution in [0.2, 0.25) is 0 Å². The topological polar surface area (TPSA) is 83.8 Å². The van der Waals surface area contributed by atoms with Crippen molar-refractivity contribution < 1.29 is 4.79 Å². The molecule has 0 aliphatic heterocycles. The maximum atomic E-state index is 11.9. The van der Waals surface area contributed by atoms with E-state index in [1.807, 2.05) is 0 Å². The first-order valence-corrected chi connectivity index (χ1v) is 6.16. The second-order valence-electron chi connectivity index (χ2n) is 5.29. The predicted molar refractivity (Wildman–Crippen MR) is 66.4 cm³/mol. The van der Waals surface area contributed by atoms with E-state index in [1.165, 1.54) is 6.42 Å². The molecule has 17 heavy (non-hydrogen) atoms. The van der Waals surface area contributed by atoms with Crippen LogP contribution in [0.25, 0.3) is 0 Å². The molecule has 94 valence electrons. The smallest absolute Gasteiger partial charge is 0.269 e. The SMILES string of the molecule is CC1CC(C)CC(NC(=O)c2cc(N)n[nH]2)C1. The predicted octanol–water partition coefficient (Wildman–Crippen LogP) is 1.55. The molecule has 2 atom stereocenters. The van der Waals surface area contributed by atoms with Crippen LogP contribution >= 0.6 is 0 Å². The van der Waals surface area contributed by atoms with Gasteiger partial charge in [-0.05, 0) is 31.1 Å². The third-order valence-corrected chi connectivity index (χ3v) is 3.36. The Morgan fingerprint density at radius 1 is 1.41 bits per heavy atom. The van der Waals surface area contributed by atoms with Gasteiger partial charge in [-0.25, -0.2) is 0 Å². The van der Waals surface area contributed by atoms with Gasteiger partial charge in [0.25, 0.3) is 5.91 Å². The summed E-state index contributed by atoms with van der Waals surface area (Å²) in [5.41, 5.74) is 5.91. The Bertz CT molecular complexity index is 391. The highest BCUT2D eigenvalue weighted by atomic mass is 16.2. The quantitative estimate of drug-likeness (QED) is 0.728. The van der Waals surface area contributed by atoms with Gasteiger partial charge in [-0.1, -0.05) is 13.8 Å². The van der Waals surface area contributed by atoms with Gasteiger partial charge in [-0.15, -0.1) is 0 Å². The van der Waals surface area contributed by atoms with Crippen LogP contribution in [0.4, 0.5) is 5.82 Å². The number of nitrogens with one attached hydrogen (secondary N) is 2. The third-order valence-electron chi connectivity index (χ3n) is 3.36. The number of hydrogen-bond acceptors (Lipinski definition) is 3. The van der Waals surface area contributed by atoms with E-state index in [-0.39, 0.29) is 11.9 Å². The van der Waals surface area contributed by atoms with Gasteiger partial charge in [0.05, 0.1) is 0 Å². The van der Waals surface area contributed by atoms with Crippen LogP contribution in [0, 0.1) is 11.8 Å². The largest absolute Gasteiger partial charge is 0.382 e. The minimum atomic E-state index is -0.111. The van der Waals surface area contributed by atoms with Crippen LogP contribution in [-0.4, -0.2) is 22.1 Å². The first-order chi connectivity index (χ1) is 8.04. The molecule has 0 bridgehead atoms. The number of rotatable bonds is 2. The Kier molecular flexibility index (Phi) is 3.36. The average Bonchev–Trinajstić information content (AvgIpc) is 2.63. The molecule has 1 heterocycles. The van der Waals surface area contributed by atoms with Crippen molar-refractivity contribution in [3.63, 3.8) is 0 Å². The fraction of sp³-hybridized carbons (Fsp3) is 0.667. The van der Waals surface area contributed by atoms with E-state index in [2.05, 4.69) is 29.4 Å². The summed E-state index contributed by atoms with van der Waals surface area (Å²) in [6, 6.07) is 1.83. The van der Waals surface area contributed by atoms with Crippen LogP contribution in [0.15, 0.2) is 6.07 Å². The lowest BCUT2D eigenvalue weighted by molar-refractivity contribution is 0.0906. The van der Waals surface area contributed by atoms with Gasteiger partial charge in [0.2, 0.25) is 0 Å². The Hall–Kier alpha value is -1.52. The summed E-state index contributed by atoms with van der Waals surface area (Å²) in [5.74, 6) is 1.59. The Morgan fingerprint density at radius 2 is 2.06 bits per heavy atom. The summed E-state index contributed by atoms with van der Waals surface area (Å²) in [7, 11) is 0. The maximum absolute atomic E-state index is 11.9. The number of carbonyl (C=O) groups is 1. The number of aromatic nitrogens is 2. The van der Waals surface area contributed by atoms with Gasteiger partial charge >= 0.3 is 0 Å². The highest BCUT2D eigenvalue weighted by Crippen LogP contribution is 2.28. The highest BCUT2D eigenvalue weighted by Gasteiger charge is 2.25. The fourth-order valence-corrected chi connectivity index (χ4v) is 2.78. The number of nitrogens with two attached hydrogens (primary N) is 1. The van der Waals surface area contributed by atoms with E-state index in [0.29, 0.717) is 23.3 Å². The van der Waals surface area contributed by atoms with Crippen LogP contribution in [0.1, 0.15) is 43.6 Å². The van der Waals surface area contributed by atoms with Crippen LogP contribution < -0.4 is 11.1 Å². The van der Waals surface area contributed by atoms with Gasteiger partial charge in [-0.2, -0.15) is 5.10 Å². The monoisotopic (exact) mass is 236 g/mol.